The van der Waals surface area contributed by atoms with Gasteiger partial charge in [-0.25, -0.2) is 4.57 Å². The van der Waals surface area contributed by atoms with E-state index in [1.807, 2.05) is 67.0 Å². The third kappa shape index (κ3) is 4.32. The lowest BCUT2D eigenvalue weighted by Gasteiger charge is -2.37. The summed E-state index contributed by atoms with van der Waals surface area (Å²) < 4.78 is 3.72. The van der Waals surface area contributed by atoms with Gasteiger partial charge in [0.05, 0.1) is 0 Å². The lowest BCUT2D eigenvalue weighted by molar-refractivity contribution is -0.740. The number of primary amides is 1. The molecule has 0 bridgehead atoms. The summed E-state index contributed by atoms with van der Waals surface area (Å²) in [5.74, 6) is -0.188. The van der Waals surface area contributed by atoms with Crippen LogP contribution in [0, 0.1) is 5.92 Å². The molecule has 3 aromatic rings. The zero-order valence-electron chi connectivity index (χ0n) is 17.5. The molecule has 0 spiro atoms. The van der Waals surface area contributed by atoms with Crippen molar-refractivity contribution in [3.63, 3.8) is 0 Å². The van der Waals surface area contributed by atoms with Crippen LogP contribution < -0.4 is 27.4 Å². The number of ketones is 1. The third-order valence-corrected chi connectivity index (χ3v) is 6.27. The number of nitrogens with two attached hydrogens (primary N) is 1. The van der Waals surface area contributed by atoms with Gasteiger partial charge >= 0.3 is 0 Å². The molecular formula is C24H27BrN4O2. The maximum absolute atomic E-state index is 13.1. The van der Waals surface area contributed by atoms with E-state index in [-0.39, 0.29) is 47.2 Å². The van der Waals surface area contributed by atoms with Crippen LogP contribution in [0.15, 0.2) is 73.3 Å². The number of carbonyl (C=O) groups excluding carboxylic acids is 2. The van der Waals surface area contributed by atoms with Gasteiger partial charge in [-0.15, -0.1) is 4.68 Å². The van der Waals surface area contributed by atoms with Crippen molar-refractivity contribution in [2.24, 2.45) is 11.7 Å². The molecule has 2 aromatic carbocycles. The number of hydrogen-bond acceptors (Lipinski definition) is 3. The number of aromatic nitrogens is 3. The molecule has 2 N–H and O–H groups in total. The number of halogens is 1. The number of nitrogens with zero attached hydrogens (tertiary/aromatic N) is 3. The summed E-state index contributed by atoms with van der Waals surface area (Å²) in [6.45, 7) is 1.82. The molecule has 1 fully saturated rings. The normalized spacial score (nSPS) is 18.4. The maximum Gasteiger partial charge on any atom is 0.266 e. The topological polar surface area (TPSA) is 81.9 Å². The van der Waals surface area contributed by atoms with Gasteiger partial charge in [-0.05, 0) is 48.3 Å². The van der Waals surface area contributed by atoms with Gasteiger partial charge in [0.15, 0.2) is 12.3 Å². The zero-order chi connectivity index (χ0) is 21.1. The maximum atomic E-state index is 13.1. The molecule has 2 atom stereocenters. The lowest BCUT2D eigenvalue weighted by Crippen LogP contribution is -3.00. The fourth-order valence-electron chi connectivity index (χ4n) is 4.99. The summed E-state index contributed by atoms with van der Waals surface area (Å²) >= 11 is 0. The van der Waals surface area contributed by atoms with E-state index < -0.39 is 5.41 Å². The highest BCUT2D eigenvalue weighted by Crippen LogP contribution is 2.49. The molecule has 31 heavy (non-hydrogen) atoms. The second-order valence-corrected chi connectivity index (χ2v) is 8.16. The Morgan fingerprint density at radius 1 is 1.06 bits per heavy atom. The monoisotopic (exact) mass is 482 g/mol. The van der Waals surface area contributed by atoms with Crippen LogP contribution in [0.5, 0.6) is 0 Å². The molecule has 1 heterocycles. The first-order valence-corrected chi connectivity index (χ1v) is 10.4. The minimum atomic E-state index is -0.882. The van der Waals surface area contributed by atoms with Crippen molar-refractivity contribution in [2.75, 3.05) is 0 Å². The van der Waals surface area contributed by atoms with E-state index in [0.29, 0.717) is 0 Å². The first kappa shape index (κ1) is 22.9. The van der Waals surface area contributed by atoms with Crippen molar-refractivity contribution in [3.8, 4) is 0 Å². The average Bonchev–Trinajstić information content (AvgIpc) is 3.40. The van der Waals surface area contributed by atoms with E-state index in [2.05, 4.69) is 9.67 Å². The van der Waals surface area contributed by atoms with Gasteiger partial charge in [0, 0.05) is 0 Å². The molecule has 1 aliphatic rings. The quantitative estimate of drug-likeness (QED) is 0.464. The van der Waals surface area contributed by atoms with Gasteiger partial charge in [-0.3, -0.25) is 9.59 Å². The Morgan fingerprint density at radius 3 is 2.16 bits per heavy atom. The molecule has 6 nitrogen and oxygen atoms in total. The minimum absolute atomic E-state index is 0. The van der Waals surface area contributed by atoms with Crippen molar-refractivity contribution in [1.29, 1.82) is 0 Å². The fourth-order valence-corrected chi connectivity index (χ4v) is 4.99. The first-order chi connectivity index (χ1) is 14.5. The summed E-state index contributed by atoms with van der Waals surface area (Å²) in [5, 5.41) is 4.31. The summed E-state index contributed by atoms with van der Waals surface area (Å²) in [5.41, 5.74) is 7.15. The molecule has 1 aromatic heterocycles. The van der Waals surface area contributed by atoms with E-state index in [0.717, 1.165) is 30.4 Å². The molecule has 7 heteroatoms. The van der Waals surface area contributed by atoms with Crippen molar-refractivity contribution < 1.29 is 31.3 Å². The van der Waals surface area contributed by atoms with Gasteiger partial charge in [0.1, 0.15) is 11.5 Å². The van der Waals surface area contributed by atoms with Crippen LogP contribution in [0.25, 0.3) is 0 Å². The Hall–Kier alpha value is -2.80. The molecule has 2 unspecified atom stereocenters. The Labute approximate surface area is 192 Å². The number of rotatable bonds is 7. The van der Waals surface area contributed by atoms with Crippen molar-refractivity contribution in [3.05, 3.63) is 84.4 Å². The highest BCUT2D eigenvalue weighted by molar-refractivity contribution is 5.91. The van der Waals surface area contributed by atoms with E-state index in [4.69, 9.17) is 5.73 Å². The second-order valence-electron chi connectivity index (χ2n) is 8.16. The number of amides is 1. The van der Waals surface area contributed by atoms with Gasteiger partial charge in [0.25, 0.3) is 6.33 Å². The minimum Gasteiger partial charge on any atom is -1.00 e. The third-order valence-electron chi connectivity index (χ3n) is 6.27. The predicted molar refractivity (Wildman–Crippen MR) is 112 cm³/mol. The average molecular weight is 483 g/mol. The van der Waals surface area contributed by atoms with Crippen molar-refractivity contribution in [1.82, 2.24) is 9.67 Å². The summed E-state index contributed by atoms with van der Waals surface area (Å²) in [7, 11) is 0. The van der Waals surface area contributed by atoms with E-state index >= 15 is 0 Å². The zero-order valence-corrected chi connectivity index (χ0v) is 19.1. The Morgan fingerprint density at radius 2 is 1.65 bits per heavy atom. The fraction of sp³-hybridized carbons (Fsp3) is 0.333. The summed E-state index contributed by atoms with van der Waals surface area (Å²) in [6.07, 6.45) is 6.26. The van der Waals surface area contributed by atoms with Gasteiger partial charge < -0.3 is 22.7 Å². The highest BCUT2D eigenvalue weighted by atomic mass is 79.9. The van der Waals surface area contributed by atoms with Crippen LogP contribution in [0.2, 0.25) is 0 Å². The van der Waals surface area contributed by atoms with Crippen LogP contribution in [0.3, 0.4) is 0 Å². The van der Waals surface area contributed by atoms with Crippen LogP contribution in [0.4, 0.5) is 0 Å². The Balaban J connectivity index is 0.00000272. The van der Waals surface area contributed by atoms with Crippen LogP contribution in [-0.4, -0.2) is 21.4 Å². The smallest absolute Gasteiger partial charge is 0.266 e. The van der Waals surface area contributed by atoms with Gasteiger partial charge in [-0.2, -0.15) is 0 Å². The molecule has 4 rings (SSSR count). The number of hydrogen-bond donors (Lipinski definition) is 1. The summed E-state index contributed by atoms with van der Waals surface area (Å²) in [6, 6.07) is 20.0. The second kappa shape index (κ2) is 9.56. The van der Waals surface area contributed by atoms with Crippen LogP contribution in [0.1, 0.15) is 43.4 Å². The molecule has 162 valence electrons. The molecule has 0 radical (unpaired) electrons. The number of benzene rings is 2. The first-order valence-electron chi connectivity index (χ1n) is 10.4. The summed E-state index contributed by atoms with van der Waals surface area (Å²) in [4.78, 5) is 24.5. The van der Waals surface area contributed by atoms with E-state index in [9.17, 15) is 9.59 Å². The van der Waals surface area contributed by atoms with E-state index in [1.54, 1.807) is 17.9 Å². The van der Waals surface area contributed by atoms with Crippen molar-refractivity contribution in [2.45, 2.75) is 44.2 Å². The van der Waals surface area contributed by atoms with Crippen molar-refractivity contribution >= 4 is 11.7 Å². The molecule has 1 saturated carbocycles. The van der Waals surface area contributed by atoms with Crippen LogP contribution in [-0.2, 0) is 21.5 Å². The molecule has 0 aliphatic heterocycles. The van der Waals surface area contributed by atoms with Crippen LogP contribution >= 0.6 is 0 Å². The molecular weight excluding hydrogens is 456 g/mol. The van der Waals surface area contributed by atoms with Gasteiger partial charge in [0.2, 0.25) is 12.2 Å². The SMILES string of the molecule is CC(=O)C[n+]1cn(C2CCC(C(C(N)=O)(c3ccccc3)c3ccccc3)C2)cn1.[Br-]. The van der Waals surface area contributed by atoms with E-state index in [1.165, 1.54) is 0 Å². The number of carbonyl (C=O) groups is 2. The molecule has 0 saturated heterocycles. The standard InChI is InChI=1S/C24H26N4O2.BrH/c1-18(29)15-28-17-27(16-26-28)22-13-12-21(14-22)24(23(25)30,19-8-4-2-5-9-19)20-10-6-3-7-11-20;/h2-11,16-17,21-22H,12-15H2,1H3,(H-,25,30);1H. The molecule has 1 aliphatic carbocycles. The number of Topliss-reactive ketones (excluding diaryl/α,β-unsaturated/α-hetero) is 1. The largest absolute Gasteiger partial charge is 1.00 e. The predicted octanol–water partition coefficient (Wildman–Crippen LogP) is -0.424. The Kier molecular flexibility index (Phi) is 7.05. The lowest BCUT2D eigenvalue weighted by atomic mass is 9.64. The highest BCUT2D eigenvalue weighted by Gasteiger charge is 2.50. The molecule has 1 amide bonds. The Bertz CT molecular complexity index is 997. The van der Waals surface area contributed by atoms with Gasteiger partial charge in [-0.1, -0.05) is 60.7 Å².